The lowest BCUT2D eigenvalue weighted by Gasteiger charge is -2.26. The highest BCUT2D eigenvalue weighted by atomic mass is 19.1. The highest BCUT2D eigenvalue weighted by Gasteiger charge is 2.37. The molecule has 0 aliphatic carbocycles. The van der Waals surface area contributed by atoms with E-state index in [1.807, 2.05) is 0 Å². The molecule has 208 valence electrons. The molecule has 1 N–H and O–H groups in total. The van der Waals surface area contributed by atoms with Crippen molar-refractivity contribution in [1.29, 1.82) is 0 Å². The van der Waals surface area contributed by atoms with Gasteiger partial charge in [0.05, 0.1) is 28.7 Å². The molecular formula is C27H19FN4O9. The van der Waals surface area contributed by atoms with E-state index >= 15 is 0 Å². The van der Waals surface area contributed by atoms with Crippen molar-refractivity contribution in [2.45, 2.75) is 6.42 Å². The van der Waals surface area contributed by atoms with E-state index in [0.717, 1.165) is 30.3 Å². The fourth-order valence-corrected chi connectivity index (χ4v) is 3.95. The number of nitro benzene ring substituents is 2. The third kappa shape index (κ3) is 5.75. The van der Waals surface area contributed by atoms with Gasteiger partial charge in [0.15, 0.2) is 11.5 Å². The van der Waals surface area contributed by atoms with Crippen molar-refractivity contribution in [1.82, 2.24) is 5.32 Å². The average molecular weight is 562 g/mol. The molecule has 1 heterocycles. The molecule has 3 aromatic rings. The summed E-state index contributed by atoms with van der Waals surface area (Å²) < 4.78 is 24.6. The third-order valence-electron chi connectivity index (χ3n) is 5.80. The first kappa shape index (κ1) is 28.1. The maximum absolute atomic E-state index is 13.4. The van der Waals surface area contributed by atoms with E-state index < -0.39 is 50.5 Å². The fraction of sp³-hybridized carbons (Fsp3) is 0.0741. The minimum absolute atomic E-state index is 0.0223. The Bertz CT molecular complexity index is 1650. The zero-order valence-electron chi connectivity index (χ0n) is 21.2. The number of allylic oxidation sites excluding steroid dienone is 1. The zero-order valence-corrected chi connectivity index (χ0v) is 21.2. The Hall–Kier alpha value is -5.92. The monoisotopic (exact) mass is 562 g/mol. The first-order chi connectivity index (χ1) is 19.5. The number of anilines is 1. The van der Waals surface area contributed by atoms with Crippen LogP contribution in [0.25, 0.3) is 6.08 Å². The fourth-order valence-electron chi connectivity index (χ4n) is 3.95. The van der Waals surface area contributed by atoms with Crippen molar-refractivity contribution in [2.75, 3.05) is 12.0 Å². The number of imide groups is 2. The molecular weight excluding hydrogens is 543 g/mol. The molecule has 1 aliphatic heterocycles. The largest absolute Gasteiger partial charge is 0.493 e. The van der Waals surface area contributed by atoms with Crippen molar-refractivity contribution in [3.8, 4) is 17.2 Å². The summed E-state index contributed by atoms with van der Waals surface area (Å²) in [7, 11) is 1.29. The van der Waals surface area contributed by atoms with Crippen LogP contribution in [0.1, 0.15) is 11.1 Å². The van der Waals surface area contributed by atoms with Crippen molar-refractivity contribution in [3.05, 3.63) is 110 Å². The van der Waals surface area contributed by atoms with Crippen LogP contribution in [0.5, 0.6) is 17.2 Å². The van der Waals surface area contributed by atoms with Gasteiger partial charge in [0.1, 0.15) is 11.4 Å². The molecule has 1 aliphatic rings. The second-order valence-corrected chi connectivity index (χ2v) is 8.41. The summed E-state index contributed by atoms with van der Waals surface area (Å²) in [6.07, 6.45) is 2.84. The lowest BCUT2D eigenvalue weighted by Crippen LogP contribution is -2.54. The van der Waals surface area contributed by atoms with Crippen LogP contribution in [0.3, 0.4) is 0 Å². The van der Waals surface area contributed by atoms with Crippen molar-refractivity contribution < 1.29 is 38.1 Å². The minimum Gasteiger partial charge on any atom is -0.493 e. The van der Waals surface area contributed by atoms with Crippen LogP contribution in [-0.2, 0) is 16.0 Å². The van der Waals surface area contributed by atoms with E-state index in [-0.39, 0.29) is 34.9 Å². The lowest BCUT2D eigenvalue weighted by atomic mass is 10.0. The second kappa shape index (κ2) is 11.4. The quantitative estimate of drug-likeness (QED) is 0.126. The van der Waals surface area contributed by atoms with Crippen molar-refractivity contribution >= 4 is 41.0 Å². The highest BCUT2D eigenvalue weighted by molar-refractivity contribution is 6.39. The number of barbiturate groups is 1. The van der Waals surface area contributed by atoms with Gasteiger partial charge in [-0.3, -0.25) is 35.1 Å². The molecule has 41 heavy (non-hydrogen) atoms. The Morgan fingerprint density at radius 1 is 1.00 bits per heavy atom. The molecule has 13 nitrogen and oxygen atoms in total. The number of rotatable bonds is 9. The number of nitrogens with zero attached hydrogens (tertiary/aromatic N) is 3. The van der Waals surface area contributed by atoms with E-state index in [1.165, 1.54) is 43.5 Å². The molecule has 1 fully saturated rings. The molecule has 0 radical (unpaired) electrons. The van der Waals surface area contributed by atoms with E-state index in [2.05, 4.69) is 11.9 Å². The van der Waals surface area contributed by atoms with Crippen molar-refractivity contribution in [3.63, 3.8) is 0 Å². The molecule has 1 saturated heterocycles. The second-order valence-electron chi connectivity index (χ2n) is 8.41. The number of nitrogens with one attached hydrogen (secondary N) is 1. The number of non-ortho nitro benzene ring substituents is 1. The SMILES string of the molecule is C=CCc1cc(/C=C2\C(=O)NC(=O)N(c3ccc(F)cc3)C2=O)cc(OC)c1Oc1ccc([N+](=O)[O-])cc1[N+](=O)[O-]. The Morgan fingerprint density at radius 2 is 1.71 bits per heavy atom. The first-order valence-corrected chi connectivity index (χ1v) is 11.6. The summed E-state index contributed by atoms with van der Waals surface area (Å²) in [6, 6.07) is 9.26. The normalized spacial score (nSPS) is 14.0. The van der Waals surface area contributed by atoms with Gasteiger partial charge in [0, 0.05) is 11.6 Å². The standard InChI is InChI=1S/C27H19FN4O9/c1-3-4-16-11-15(12-20-25(33)29-27(35)30(26(20)34)18-7-5-17(28)6-8-18)13-23(40-2)24(16)41-22-10-9-19(31(36)37)14-21(22)32(38)39/h3,5-14H,1,4H2,2H3,(H,29,33,35)/b20-12+. The van der Waals surface area contributed by atoms with Gasteiger partial charge in [-0.05, 0) is 60.5 Å². The van der Waals surface area contributed by atoms with Gasteiger partial charge >= 0.3 is 11.7 Å². The van der Waals surface area contributed by atoms with Crippen LogP contribution in [0.2, 0.25) is 0 Å². The van der Waals surface area contributed by atoms with Gasteiger partial charge in [0.25, 0.3) is 17.5 Å². The zero-order chi connectivity index (χ0) is 29.8. The molecule has 0 spiro atoms. The molecule has 4 rings (SSSR count). The first-order valence-electron chi connectivity index (χ1n) is 11.6. The summed E-state index contributed by atoms with van der Waals surface area (Å²) in [4.78, 5) is 59.9. The van der Waals surface area contributed by atoms with Crippen LogP contribution in [0.15, 0.2) is 72.8 Å². The van der Waals surface area contributed by atoms with Gasteiger partial charge in [-0.15, -0.1) is 6.58 Å². The summed E-state index contributed by atoms with van der Waals surface area (Å²) >= 11 is 0. The Balaban J connectivity index is 1.78. The van der Waals surface area contributed by atoms with Gasteiger partial charge < -0.3 is 9.47 Å². The Morgan fingerprint density at radius 3 is 2.32 bits per heavy atom. The van der Waals surface area contributed by atoms with Crippen LogP contribution in [-0.4, -0.2) is 34.8 Å². The van der Waals surface area contributed by atoms with Crippen molar-refractivity contribution in [2.24, 2.45) is 0 Å². The van der Waals surface area contributed by atoms with E-state index in [1.54, 1.807) is 0 Å². The molecule has 0 aromatic heterocycles. The van der Waals surface area contributed by atoms with Gasteiger partial charge in [0.2, 0.25) is 5.75 Å². The van der Waals surface area contributed by atoms with Crippen LogP contribution in [0, 0.1) is 26.0 Å². The third-order valence-corrected chi connectivity index (χ3v) is 5.80. The highest BCUT2D eigenvalue weighted by Crippen LogP contribution is 2.41. The Kier molecular flexibility index (Phi) is 7.84. The number of carbonyl (C=O) groups is 3. The van der Waals surface area contributed by atoms with Gasteiger partial charge in [-0.1, -0.05) is 6.08 Å². The average Bonchev–Trinajstić information content (AvgIpc) is 2.93. The summed E-state index contributed by atoms with van der Waals surface area (Å²) in [6.45, 7) is 3.68. The molecule has 0 bridgehead atoms. The molecule has 4 amide bonds. The summed E-state index contributed by atoms with van der Waals surface area (Å²) in [5, 5.41) is 24.7. The van der Waals surface area contributed by atoms with Crippen LogP contribution >= 0.6 is 0 Å². The number of halogens is 1. The number of urea groups is 1. The van der Waals surface area contributed by atoms with Gasteiger partial charge in [-0.25, -0.2) is 14.1 Å². The molecule has 14 heteroatoms. The predicted octanol–water partition coefficient (Wildman–Crippen LogP) is 4.84. The summed E-state index contributed by atoms with van der Waals surface area (Å²) in [5.74, 6) is -2.76. The number of methoxy groups -OCH3 is 1. The molecule has 3 aromatic carbocycles. The maximum Gasteiger partial charge on any atom is 0.335 e. The van der Waals surface area contributed by atoms with Crippen LogP contribution in [0.4, 0.5) is 26.2 Å². The van der Waals surface area contributed by atoms with Crippen LogP contribution < -0.4 is 19.7 Å². The van der Waals surface area contributed by atoms with Gasteiger partial charge in [-0.2, -0.15) is 0 Å². The Labute approximate surface area is 230 Å². The number of benzene rings is 3. The molecule has 0 unspecified atom stereocenters. The lowest BCUT2D eigenvalue weighted by molar-refractivity contribution is -0.394. The number of ether oxygens (including phenoxy) is 2. The number of amides is 4. The molecule has 0 saturated carbocycles. The van der Waals surface area contributed by atoms with E-state index in [4.69, 9.17) is 9.47 Å². The topological polar surface area (TPSA) is 171 Å². The summed E-state index contributed by atoms with van der Waals surface area (Å²) in [5.41, 5.74) is -0.920. The van der Waals surface area contributed by atoms with E-state index in [9.17, 15) is 39.0 Å². The number of nitro groups is 2. The molecule has 0 atom stereocenters. The maximum atomic E-state index is 13.4. The van der Waals surface area contributed by atoms with E-state index in [0.29, 0.717) is 10.5 Å². The number of hydrogen-bond donors (Lipinski definition) is 1. The minimum atomic E-state index is -1.01. The number of carbonyl (C=O) groups excluding carboxylic acids is 3. The predicted molar refractivity (Wildman–Crippen MR) is 142 cm³/mol. The number of hydrogen-bond acceptors (Lipinski definition) is 9. The smallest absolute Gasteiger partial charge is 0.335 e.